The van der Waals surface area contributed by atoms with Crippen LogP contribution in [0.15, 0.2) is 23.4 Å². The maximum atomic E-state index is 11.9. The van der Waals surface area contributed by atoms with E-state index in [0.29, 0.717) is 20.9 Å². The molecule has 2 rings (SSSR count). The SMILES string of the molecule is CCc1nnc(SCC(=O)Nc2cc(Cl)cc(Cl)c2)n1C. The number of hydrogen-bond donors (Lipinski definition) is 1. The fraction of sp³-hybridized carbons (Fsp3) is 0.308. The van der Waals surface area contributed by atoms with Crippen LogP contribution < -0.4 is 5.32 Å². The fourth-order valence-electron chi connectivity index (χ4n) is 1.73. The number of amides is 1. The summed E-state index contributed by atoms with van der Waals surface area (Å²) in [6, 6.07) is 4.90. The molecular formula is C13H14Cl2N4OS. The van der Waals surface area contributed by atoms with Crippen LogP contribution in [0.2, 0.25) is 10.0 Å². The molecule has 2 aromatic rings. The predicted molar refractivity (Wildman–Crippen MR) is 86.2 cm³/mol. The van der Waals surface area contributed by atoms with Gasteiger partial charge in [0.15, 0.2) is 5.16 Å². The van der Waals surface area contributed by atoms with Gasteiger partial charge in [0.1, 0.15) is 5.82 Å². The molecule has 8 heteroatoms. The van der Waals surface area contributed by atoms with Crippen molar-refractivity contribution in [3.05, 3.63) is 34.1 Å². The molecule has 0 aliphatic carbocycles. The van der Waals surface area contributed by atoms with Gasteiger partial charge in [0.2, 0.25) is 5.91 Å². The number of nitrogens with one attached hydrogen (secondary N) is 1. The van der Waals surface area contributed by atoms with Crippen LogP contribution >= 0.6 is 35.0 Å². The van der Waals surface area contributed by atoms with Crippen molar-refractivity contribution in [2.24, 2.45) is 7.05 Å². The number of carbonyl (C=O) groups is 1. The number of thioether (sulfide) groups is 1. The van der Waals surface area contributed by atoms with E-state index in [4.69, 9.17) is 23.2 Å². The van der Waals surface area contributed by atoms with E-state index >= 15 is 0 Å². The standard InChI is InChI=1S/C13H14Cl2N4OS/c1-3-11-17-18-13(19(11)2)21-7-12(20)16-10-5-8(14)4-9(15)6-10/h4-6H,3,7H2,1-2H3,(H,16,20). The normalized spacial score (nSPS) is 10.7. The van der Waals surface area contributed by atoms with Gasteiger partial charge in [0.25, 0.3) is 0 Å². The molecule has 5 nitrogen and oxygen atoms in total. The number of anilines is 1. The molecule has 0 spiro atoms. The molecule has 0 atom stereocenters. The number of nitrogens with zero attached hydrogens (tertiary/aromatic N) is 3. The first-order valence-electron chi connectivity index (χ1n) is 6.26. The smallest absolute Gasteiger partial charge is 0.234 e. The lowest BCUT2D eigenvalue weighted by atomic mass is 10.3. The Kier molecular flexibility index (Phi) is 5.50. The highest BCUT2D eigenvalue weighted by Gasteiger charge is 2.10. The lowest BCUT2D eigenvalue weighted by Crippen LogP contribution is -2.14. The maximum Gasteiger partial charge on any atom is 0.234 e. The zero-order valence-corrected chi connectivity index (χ0v) is 13.9. The molecule has 0 unspecified atom stereocenters. The number of carbonyl (C=O) groups excluding carboxylic acids is 1. The molecule has 0 radical (unpaired) electrons. The Bertz CT molecular complexity index is 639. The van der Waals surface area contributed by atoms with E-state index in [1.165, 1.54) is 11.8 Å². The second kappa shape index (κ2) is 7.15. The summed E-state index contributed by atoms with van der Waals surface area (Å²) in [5, 5.41) is 12.5. The summed E-state index contributed by atoms with van der Waals surface area (Å²) in [6.07, 6.45) is 0.803. The van der Waals surface area contributed by atoms with Crippen molar-refractivity contribution in [1.82, 2.24) is 14.8 Å². The summed E-state index contributed by atoms with van der Waals surface area (Å²) in [7, 11) is 1.88. The highest BCUT2D eigenvalue weighted by molar-refractivity contribution is 7.99. The number of rotatable bonds is 5. The minimum atomic E-state index is -0.153. The zero-order valence-electron chi connectivity index (χ0n) is 11.6. The van der Waals surface area contributed by atoms with E-state index in [-0.39, 0.29) is 11.7 Å². The minimum Gasteiger partial charge on any atom is -0.325 e. The van der Waals surface area contributed by atoms with Crippen LogP contribution in [0.3, 0.4) is 0 Å². The average Bonchev–Trinajstić information content (AvgIpc) is 2.75. The van der Waals surface area contributed by atoms with Crippen LogP contribution in [-0.2, 0) is 18.3 Å². The van der Waals surface area contributed by atoms with Gasteiger partial charge in [-0.05, 0) is 18.2 Å². The van der Waals surface area contributed by atoms with Crippen molar-refractivity contribution >= 4 is 46.6 Å². The first-order chi connectivity index (χ1) is 9.99. The number of aromatic nitrogens is 3. The Labute approximate surface area is 137 Å². The van der Waals surface area contributed by atoms with Gasteiger partial charge in [0.05, 0.1) is 5.75 Å². The van der Waals surface area contributed by atoms with Gasteiger partial charge in [-0.3, -0.25) is 4.79 Å². The Morgan fingerprint density at radius 1 is 1.29 bits per heavy atom. The molecule has 1 aromatic carbocycles. The van der Waals surface area contributed by atoms with Crippen molar-refractivity contribution in [3.8, 4) is 0 Å². The second-order valence-electron chi connectivity index (χ2n) is 4.31. The highest BCUT2D eigenvalue weighted by atomic mass is 35.5. The Morgan fingerprint density at radius 3 is 2.52 bits per heavy atom. The van der Waals surface area contributed by atoms with Crippen LogP contribution in [0.5, 0.6) is 0 Å². The Morgan fingerprint density at radius 2 is 1.95 bits per heavy atom. The van der Waals surface area contributed by atoms with E-state index < -0.39 is 0 Å². The molecule has 1 aromatic heterocycles. The first-order valence-corrected chi connectivity index (χ1v) is 8.00. The largest absolute Gasteiger partial charge is 0.325 e. The molecule has 0 saturated heterocycles. The van der Waals surface area contributed by atoms with Crippen LogP contribution in [0.4, 0.5) is 5.69 Å². The molecule has 1 heterocycles. The summed E-state index contributed by atoms with van der Waals surface area (Å²) in [6.45, 7) is 2.01. The monoisotopic (exact) mass is 344 g/mol. The molecule has 1 amide bonds. The Balaban J connectivity index is 1.94. The number of halogens is 2. The van der Waals surface area contributed by atoms with Crippen molar-refractivity contribution in [2.75, 3.05) is 11.1 Å². The van der Waals surface area contributed by atoms with E-state index in [9.17, 15) is 4.79 Å². The van der Waals surface area contributed by atoms with Crippen LogP contribution in [0.1, 0.15) is 12.7 Å². The molecule has 21 heavy (non-hydrogen) atoms. The summed E-state index contributed by atoms with van der Waals surface area (Å²) in [4.78, 5) is 11.9. The molecule has 0 aliphatic heterocycles. The Hall–Kier alpha value is -1.24. The predicted octanol–water partition coefficient (Wildman–Crippen LogP) is 3.42. The third kappa shape index (κ3) is 4.36. The molecule has 0 bridgehead atoms. The lowest BCUT2D eigenvalue weighted by molar-refractivity contribution is -0.113. The first kappa shape index (κ1) is 16.1. The molecule has 1 N–H and O–H groups in total. The van der Waals surface area contributed by atoms with Crippen LogP contribution in [0.25, 0.3) is 0 Å². The van der Waals surface area contributed by atoms with Gasteiger partial charge in [-0.25, -0.2) is 0 Å². The third-order valence-corrected chi connectivity index (χ3v) is 4.18. The quantitative estimate of drug-likeness (QED) is 0.844. The van der Waals surface area contributed by atoms with Crippen LogP contribution in [0, 0.1) is 0 Å². The minimum absolute atomic E-state index is 0.153. The van der Waals surface area contributed by atoms with Crippen molar-refractivity contribution in [1.29, 1.82) is 0 Å². The topological polar surface area (TPSA) is 59.8 Å². The van der Waals surface area contributed by atoms with E-state index in [1.54, 1.807) is 18.2 Å². The highest BCUT2D eigenvalue weighted by Crippen LogP contribution is 2.23. The summed E-state index contributed by atoms with van der Waals surface area (Å²) in [5.74, 6) is 0.971. The van der Waals surface area contributed by atoms with Crippen molar-refractivity contribution in [2.45, 2.75) is 18.5 Å². The molecule has 0 fully saturated rings. The summed E-state index contributed by atoms with van der Waals surface area (Å²) in [5.41, 5.74) is 0.574. The van der Waals surface area contributed by atoms with E-state index in [1.807, 2.05) is 18.5 Å². The average molecular weight is 345 g/mol. The number of benzene rings is 1. The third-order valence-electron chi connectivity index (χ3n) is 2.72. The molecular weight excluding hydrogens is 331 g/mol. The van der Waals surface area contributed by atoms with Gasteiger partial charge in [-0.2, -0.15) is 0 Å². The molecule has 0 saturated carbocycles. The van der Waals surface area contributed by atoms with E-state index in [0.717, 1.165) is 12.2 Å². The maximum absolute atomic E-state index is 11.9. The van der Waals surface area contributed by atoms with Gasteiger partial charge in [-0.15, -0.1) is 10.2 Å². The summed E-state index contributed by atoms with van der Waals surface area (Å²) >= 11 is 13.1. The number of aryl methyl sites for hydroxylation is 1. The van der Waals surface area contributed by atoms with Gasteiger partial charge < -0.3 is 9.88 Å². The van der Waals surface area contributed by atoms with Crippen LogP contribution in [-0.4, -0.2) is 26.4 Å². The van der Waals surface area contributed by atoms with Gasteiger partial charge >= 0.3 is 0 Å². The fourth-order valence-corrected chi connectivity index (χ4v) is 2.99. The van der Waals surface area contributed by atoms with Crippen molar-refractivity contribution in [3.63, 3.8) is 0 Å². The second-order valence-corrected chi connectivity index (χ2v) is 6.12. The number of hydrogen-bond acceptors (Lipinski definition) is 4. The van der Waals surface area contributed by atoms with Gasteiger partial charge in [-0.1, -0.05) is 41.9 Å². The zero-order chi connectivity index (χ0) is 15.4. The molecule has 0 aliphatic rings. The summed E-state index contributed by atoms with van der Waals surface area (Å²) < 4.78 is 1.88. The molecule has 112 valence electrons. The van der Waals surface area contributed by atoms with E-state index in [2.05, 4.69) is 15.5 Å². The van der Waals surface area contributed by atoms with Gasteiger partial charge in [0, 0.05) is 29.2 Å². The lowest BCUT2D eigenvalue weighted by Gasteiger charge is -2.06. The van der Waals surface area contributed by atoms with Crippen molar-refractivity contribution < 1.29 is 4.79 Å².